The lowest BCUT2D eigenvalue weighted by Crippen LogP contribution is -2.35. The van der Waals surface area contributed by atoms with Gasteiger partial charge in [-0.1, -0.05) is 29.3 Å². The fourth-order valence-electron chi connectivity index (χ4n) is 2.74. The van der Waals surface area contributed by atoms with Gasteiger partial charge in [0.15, 0.2) is 0 Å². The van der Waals surface area contributed by atoms with E-state index in [9.17, 15) is 4.79 Å². The molecule has 0 radical (unpaired) electrons. The van der Waals surface area contributed by atoms with Crippen LogP contribution < -0.4 is 5.32 Å². The number of hydrogen-bond donors (Lipinski definition) is 1. The second kappa shape index (κ2) is 8.02. The van der Waals surface area contributed by atoms with E-state index in [1.165, 1.54) is 0 Å². The van der Waals surface area contributed by atoms with E-state index in [1.807, 2.05) is 25.1 Å². The van der Waals surface area contributed by atoms with Gasteiger partial charge in [0.05, 0.1) is 12.5 Å². The number of hydrogen-bond acceptors (Lipinski definition) is 3. The van der Waals surface area contributed by atoms with Crippen molar-refractivity contribution in [3.63, 3.8) is 0 Å². The first kappa shape index (κ1) is 16.6. The summed E-state index contributed by atoms with van der Waals surface area (Å²) in [4.78, 5) is 11.7. The number of ether oxygens (including phenoxy) is 1. The van der Waals surface area contributed by atoms with Crippen LogP contribution in [0.1, 0.15) is 38.2 Å². The molecule has 116 valence electrons. The predicted molar refractivity (Wildman–Crippen MR) is 85.7 cm³/mol. The molecule has 3 nitrogen and oxygen atoms in total. The predicted octanol–water partition coefficient (Wildman–Crippen LogP) is 4.20. The molecule has 0 aromatic heterocycles. The van der Waals surface area contributed by atoms with Crippen molar-refractivity contribution in [3.8, 4) is 0 Å². The van der Waals surface area contributed by atoms with Gasteiger partial charge in [-0.3, -0.25) is 4.79 Å². The smallest absolute Gasteiger partial charge is 0.308 e. The lowest BCUT2D eigenvalue weighted by atomic mass is 9.86. The first-order valence-electron chi connectivity index (χ1n) is 7.44. The van der Waals surface area contributed by atoms with Crippen LogP contribution in [0.2, 0.25) is 10.0 Å². The van der Waals surface area contributed by atoms with Crippen molar-refractivity contribution in [1.29, 1.82) is 0 Å². The molecule has 5 heteroatoms. The second-order valence-electron chi connectivity index (χ2n) is 5.38. The van der Waals surface area contributed by atoms with E-state index in [-0.39, 0.29) is 11.9 Å². The lowest BCUT2D eigenvalue weighted by Gasteiger charge is -2.28. The molecule has 1 aromatic rings. The Morgan fingerprint density at radius 2 is 1.86 bits per heavy atom. The Morgan fingerprint density at radius 3 is 2.43 bits per heavy atom. The van der Waals surface area contributed by atoms with Crippen LogP contribution in [0, 0.1) is 5.92 Å². The van der Waals surface area contributed by atoms with E-state index in [0.717, 1.165) is 31.2 Å². The average molecular weight is 330 g/mol. The second-order valence-corrected chi connectivity index (χ2v) is 6.20. The summed E-state index contributed by atoms with van der Waals surface area (Å²) in [7, 11) is 0. The van der Waals surface area contributed by atoms with Crippen LogP contribution in [0.25, 0.3) is 0 Å². The van der Waals surface area contributed by atoms with E-state index in [1.54, 1.807) is 0 Å². The van der Waals surface area contributed by atoms with Crippen LogP contribution in [-0.2, 0) is 16.1 Å². The van der Waals surface area contributed by atoms with Gasteiger partial charge in [0.1, 0.15) is 0 Å². The van der Waals surface area contributed by atoms with Crippen LogP contribution in [0.5, 0.6) is 0 Å². The summed E-state index contributed by atoms with van der Waals surface area (Å²) >= 11 is 12.3. The number of carbonyl (C=O) groups excluding carboxylic acids is 1. The average Bonchev–Trinajstić information content (AvgIpc) is 2.47. The number of esters is 1. The Bertz CT molecular complexity index is 465. The SMILES string of the molecule is CCOC(=O)C1CCC(NCc2c(Cl)cccc2Cl)CC1. The molecule has 21 heavy (non-hydrogen) atoms. The van der Waals surface area contributed by atoms with Gasteiger partial charge in [0, 0.05) is 28.2 Å². The van der Waals surface area contributed by atoms with Gasteiger partial charge < -0.3 is 10.1 Å². The van der Waals surface area contributed by atoms with E-state index < -0.39 is 0 Å². The fourth-order valence-corrected chi connectivity index (χ4v) is 3.27. The van der Waals surface area contributed by atoms with E-state index in [2.05, 4.69) is 5.32 Å². The Labute approximate surface area is 136 Å². The third kappa shape index (κ3) is 4.60. The molecular formula is C16H21Cl2NO2. The Morgan fingerprint density at radius 1 is 1.24 bits per heavy atom. The zero-order valence-corrected chi connectivity index (χ0v) is 13.7. The summed E-state index contributed by atoms with van der Waals surface area (Å²) < 4.78 is 5.08. The molecule has 0 heterocycles. The minimum absolute atomic E-state index is 0.0508. The summed E-state index contributed by atoms with van der Waals surface area (Å²) in [6, 6.07) is 5.95. The highest BCUT2D eigenvalue weighted by Crippen LogP contribution is 2.27. The molecule has 1 fully saturated rings. The molecule has 2 rings (SSSR count). The van der Waals surface area contributed by atoms with Crippen molar-refractivity contribution in [2.75, 3.05) is 6.61 Å². The fraction of sp³-hybridized carbons (Fsp3) is 0.562. The van der Waals surface area contributed by atoms with E-state index in [0.29, 0.717) is 29.2 Å². The number of halogens is 2. The molecule has 0 aliphatic heterocycles. The highest BCUT2D eigenvalue weighted by Gasteiger charge is 2.27. The molecule has 0 unspecified atom stereocenters. The monoisotopic (exact) mass is 329 g/mol. The van der Waals surface area contributed by atoms with Gasteiger partial charge in [-0.25, -0.2) is 0 Å². The maximum Gasteiger partial charge on any atom is 0.308 e. The van der Waals surface area contributed by atoms with Crippen LogP contribution in [0.3, 0.4) is 0 Å². The third-order valence-electron chi connectivity index (χ3n) is 3.98. The number of nitrogens with one attached hydrogen (secondary N) is 1. The zero-order chi connectivity index (χ0) is 15.2. The van der Waals surface area contributed by atoms with Gasteiger partial charge in [-0.05, 0) is 44.7 Å². The van der Waals surface area contributed by atoms with Crippen LogP contribution in [0.15, 0.2) is 18.2 Å². The largest absolute Gasteiger partial charge is 0.466 e. The molecule has 0 saturated heterocycles. The maximum atomic E-state index is 11.7. The molecule has 1 N–H and O–H groups in total. The van der Waals surface area contributed by atoms with Crippen molar-refractivity contribution >= 4 is 29.2 Å². The summed E-state index contributed by atoms with van der Waals surface area (Å²) in [5.41, 5.74) is 0.938. The van der Waals surface area contributed by atoms with Crippen molar-refractivity contribution in [1.82, 2.24) is 5.32 Å². The Kier molecular flexibility index (Phi) is 6.34. The molecule has 1 aliphatic carbocycles. The minimum atomic E-state index is -0.0508. The zero-order valence-electron chi connectivity index (χ0n) is 12.2. The summed E-state index contributed by atoms with van der Waals surface area (Å²) in [6.07, 6.45) is 3.72. The molecular weight excluding hydrogens is 309 g/mol. The number of carbonyl (C=O) groups is 1. The Hall–Kier alpha value is -0.770. The topological polar surface area (TPSA) is 38.3 Å². The van der Waals surface area contributed by atoms with Crippen LogP contribution >= 0.6 is 23.2 Å². The van der Waals surface area contributed by atoms with Crippen molar-refractivity contribution < 1.29 is 9.53 Å². The Balaban J connectivity index is 1.80. The van der Waals surface area contributed by atoms with Gasteiger partial charge >= 0.3 is 5.97 Å². The van der Waals surface area contributed by atoms with Gasteiger partial charge in [-0.15, -0.1) is 0 Å². The quantitative estimate of drug-likeness (QED) is 0.822. The van der Waals surface area contributed by atoms with E-state index >= 15 is 0 Å². The van der Waals surface area contributed by atoms with Crippen LogP contribution in [-0.4, -0.2) is 18.6 Å². The van der Waals surface area contributed by atoms with Crippen molar-refractivity contribution in [3.05, 3.63) is 33.8 Å². The molecule has 1 aromatic carbocycles. The van der Waals surface area contributed by atoms with Gasteiger partial charge in [0.25, 0.3) is 0 Å². The highest BCUT2D eigenvalue weighted by atomic mass is 35.5. The van der Waals surface area contributed by atoms with Crippen molar-refractivity contribution in [2.24, 2.45) is 5.92 Å². The summed E-state index contributed by atoms with van der Waals surface area (Å²) in [6.45, 7) is 2.97. The molecule has 1 saturated carbocycles. The molecule has 0 atom stereocenters. The first-order valence-corrected chi connectivity index (χ1v) is 8.20. The first-order chi connectivity index (χ1) is 10.1. The summed E-state index contributed by atoms with van der Waals surface area (Å²) in [5, 5.41) is 4.87. The molecule has 0 bridgehead atoms. The minimum Gasteiger partial charge on any atom is -0.466 e. The molecule has 0 amide bonds. The van der Waals surface area contributed by atoms with Gasteiger partial charge in [-0.2, -0.15) is 0 Å². The number of rotatable bonds is 5. The van der Waals surface area contributed by atoms with Gasteiger partial charge in [0.2, 0.25) is 0 Å². The lowest BCUT2D eigenvalue weighted by molar-refractivity contribution is -0.149. The molecule has 0 spiro atoms. The number of benzene rings is 1. The normalized spacial score (nSPS) is 22.0. The highest BCUT2D eigenvalue weighted by molar-refractivity contribution is 6.35. The van der Waals surface area contributed by atoms with Crippen molar-refractivity contribution in [2.45, 2.75) is 45.2 Å². The summed E-state index contributed by atoms with van der Waals surface area (Å²) in [5.74, 6) is 0.0111. The third-order valence-corrected chi connectivity index (χ3v) is 4.68. The van der Waals surface area contributed by atoms with E-state index in [4.69, 9.17) is 27.9 Å². The molecule has 1 aliphatic rings. The maximum absolute atomic E-state index is 11.7. The standard InChI is InChI=1S/C16H21Cl2NO2/c1-2-21-16(20)11-6-8-12(9-7-11)19-10-13-14(17)4-3-5-15(13)18/h3-5,11-12,19H,2,6-10H2,1H3. The van der Waals surface area contributed by atoms with Crippen LogP contribution in [0.4, 0.5) is 0 Å².